The Kier molecular flexibility index (Phi) is 4.16. The van der Waals surface area contributed by atoms with Gasteiger partial charge in [0.1, 0.15) is 5.82 Å². The van der Waals surface area contributed by atoms with Crippen LogP contribution in [0.1, 0.15) is 31.9 Å². The van der Waals surface area contributed by atoms with Crippen molar-refractivity contribution >= 4 is 0 Å². The minimum Gasteiger partial charge on any atom is -0.373 e. The van der Waals surface area contributed by atoms with Crippen LogP contribution in [0, 0.1) is 23.1 Å². The van der Waals surface area contributed by atoms with E-state index in [2.05, 4.69) is 11.8 Å². The predicted molar refractivity (Wildman–Crippen MR) is 83.1 cm³/mol. The molecule has 21 heavy (non-hydrogen) atoms. The summed E-state index contributed by atoms with van der Waals surface area (Å²) in [6, 6.07) is 15.4. The summed E-state index contributed by atoms with van der Waals surface area (Å²) in [5, 5.41) is 11.1. The minimum absolute atomic E-state index is 0.333. The highest BCUT2D eigenvalue weighted by atomic mass is 19.1. The first kappa shape index (κ1) is 15.3. The number of benzene rings is 2. The molecule has 0 aliphatic carbocycles. The standard InChI is InChI=1S/C19H19FO/c1-18(2,3)19(21,16-9-5-4-6-10-16)13-12-15-8-7-11-17(20)14-15/h4-11,14,21H,1-3H3. The van der Waals surface area contributed by atoms with Crippen molar-refractivity contribution in [2.24, 2.45) is 5.41 Å². The van der Waals surface area contributed by atoms with Gasteiger partial charge in [-0.05, 0) is 23.8 Å². The Balaban J connectivity index is 2.49. The van der Waals surface area contributed by atoms with Crippen molar-refractivity contribution in [3.8, 4) is 11.8 Å². The topological polar surface area (TPSA) is 20.2 Å². The second-order valence-electron chi connectivity index (χ2n) is 6.09. The molecule has 0 heterocycles. The minimum atomic E-state index is -1.30. The van der Waals surface area contributed by atoms with Crippen molar-refractivity contribution in [3.05, 3.63) is 71.5 Å². The zero-order valence-electron chi connectivity index (χ0n) is 12.5. The van der Waals surface area contributed by atoms with Crippen LogP contribution in [0.25, 0.3) is 0 Å². The predicted octanol–water partition coefficient (Wildman–Crippen LogP) is 4.11. The number of hydrogen-bond acceptors (Lipinski definition) is 1. The first-order chi connectivity index (χ1) is 9.83. The fraction of sp³-hybridized carbons (Fsp3) is 0.263. The van der Waals surface area contributed by atoms with Crippen LogP contribution in [0.2, 0.25) is 0 Å². The van der Waals surface area contributed by atoms with Gasteiger partial charge < -0.3 is 5.11 Å². The van der Waals surface area contributed by atoms with E-state index < -0.39 is 11.0 Å². The summed E-state index contributed by atoms with van der Waals surface area (Å²) in [5.74, 6) is 5.49. The number of halogens is 1. The highest BCUT2D eigenvalue weighted by molar-refractivity contribution is 5.41. The van der Waals surface area contributed by atoms with Gasteiger partial charge in [0.05, 0.1) is 0 Å². The lowest BCUT2D eigenvalue weighted by molar-refractivity contribution is -0.00900. The van der Waals surface area contributed by atoms with E-state index in [4.69, 9.17) is 0 Å². The Morgan fingerprint density at radius 1 is 0.952 bits per heavy atom. The van der Waals surface area contributed by atoms with Crippen LogP contribution in [0.4, 0.5) is 4.39 Å². The van der Waals surface area contributed by atoms with Gasteiger partial charge in [0.25, 0.3) is 0 Å². The third-order valence-electron chi connectivity index (χ3n) is 3.49. The first-order valence-corrected chi connectivity index (χ1v) is 6.89. The van der Waals surface area contributed by atoms with E-state index in [1.165, 1.54) is 12.1 Å². The lowest BCUT2D eigenvalue weighted by Crippen LogP contribution is -2.38. The molecule has 1 nitrogen and oxygen atoms in total. The van der Waals surface area contributed by atoms with Gasteiger partial charge in [-0.2, -0.15) is 0 Å². The van der Waals surface area contributed by atoms with Gasteiger partial charge in [-0.1, -0.05) is 69.0 Å². The molecule has 2 aromatic carbocycles. The summed E-state index contributed by atoms with van der Waals surface area (Å²) in [6.07, 6.45) is 0. The number of rotatable bonds is 1. The average Bonchev–Trinajstić information content (AvgIpc) is 2.44. The third kappa shape index (κ3) is 3.32. The zero-order chi connectivity index (χ0) is 15.5. The molecule has 0 bridgehead atoms. The Labute approximate surface area is 125 Å². The summed E-state index contributed by atoms with van der Waals surface area (Å²) in [6.45, 7) is 5.79. The monoisotopic (exact) mass is 282 g/mol. The van der Waals surface area contributed by atoms with Crippen LogP contribution < -0.4 is 0 Å². The van der Waals surface area contributed by atoms with Crippen molar-refractivity contribution in [2.45, 2.75) is 26.4 Å². The molecule has 0 aliphatic rings. The van der Waals surface area contributed by atoms with Crippen LogP contribution in [-0.2, 0) is 5.60 Å². The molecule has 2 rings (SSSR count). The normalized spacial score (nSPS) is 14.0. The Morgan fingerprint density at radius 3 is 2.19 bits per heavy atom. The molecule has 0 aromatic heterocycles. The molecule has 2 aromatic rings. The molecular formula is C19H19FO. The summed E-state index contributed by atoms with van der Waals surface area (Å²) in [5.41, 5.74) is -0.495. The lowest BCUT2D eigenvalue weighted by atomic mass is 9.72. The maximum absolute atomic E-state index is 13.2. The summed E-state index contributed by atoms with van der Waals surface area (Å²) >= 11 is 0. The molecule has 0 spiro atoms. The summed E-state index contributed by atoms with van der Waals surface area (Å²) in [4.78, 5) is 0. The van der Waals surface area contributed by atoms with Crippen LogP contribution in [-0.4, -0.2) is 5.11 Å². The largest absolute Gasteiger partial charge is 0.373 e. The quantitative estimate of drug-likeness (QED) is 0.780. The van der Waals surface area contributed by atoms with Gasteiger partial charge in [-0.25, -0.2) is 4.39 Å². The molecule has 2 heteroatoms. The van der Waals surface area contributed by atoms with Crippen LogP contribution in [0.5, 0.6) is 0 Å². The Bertz CT molecular complexity index is 674. The molecule has 108 valence electrons. The van der Waals surface area contributed by atoms with E-state index in [0.717, 1.165) is 5.56 Å². The van der Waals surface area contributed by atoms with Crippen molar-refractivity contribution in [1.82, 2.24) is 0 Å². The maximum atomic E-state index is 13.2. The van der Waals surface area contributed by atoms with Gasteiger partial charge in [-0.15, -0.1) is 0 Å². The Morgan fingerprint density at radius 2 is 1.62 bits per heavy atom. The Hall–Kier alpha value is -2.11. The van der Waals surface area contributed by atoms with E-state index in [0.29, 0.717) is 5.56 Å². The summed E-state index contributed by atoms with van der Waals surface area (Å²) in [7, 11) is 0. The highest BCUT2D eigenvalue weighted by Gasteiger charge is 2.40. The molecular weight excluding hydrogens is 263 g/mol. The average molecular weight is 282 g/mol. The SMILES string of the molecule is CC(C)(C)C(O)(C#Cc1cccc(F)c1)c1ccccc1. The number of hydrogen-bond donors (Lipinski definition) is 1. The van der Waals surface area contributed by atoms with Gasteiger partial charge in [0, 0.05) is 11.0 Å². The molecule has 0 radical (unpaired) electrons. The second-order valence-corrected chi connectivity index (χ2v) is 6.09. The third-order valence-corrected chi connectivity index (χ3v) is 3.49. The van der Waals surface area contributed by atoms with Crippen molar-refractivity contribution < 1.29 is 9.50 Å². The smallest absolute Gasteiger partial charge is 0.156 e. The molecule has 0 saturated carbocycles. The molecule has 1 N–H and O–H groups in total. The highest BCUT2D eigenvalue weighted by Crippen LogP contribution is 2.38. The van der Waals surface area contributed by atoms with Crippen LogP contribution in [0.15, 0.2) is 54.6 Å². The van der Waals surface area contributed by atoms with E-state index in [1.54, 1.807) is 12.1 Å². The first-order valence-electron chi connectivity index (χ1n) is 6.89. The van der Waals surface area contributed by atoms with Crippen molar-refractivity contribution in [1.29, 1.82) is 0 Å². The lowest BCUT2D eigenvalue weighted by Gasteiger charge is -2.36. The van der Waals surface area contributed by atoms with E-state index in [1.807, 2.05) is 51.1 Å². The molecule has 0 amide bonds. The second kappa shape index (κ2) is 5.71. The van der Waals surface area contributed by atoms with Crippen LogP contribution in [0.3, 0.4) is 0 Å². The maximum Gasteiger partial charge on any atom is 0.156 e. The van der Waals surface area contributed by atoms with Gasteiger partial charge in [0.2, 0.25) is 0 Å². The van der Waals surface area contributed by atoms with Gasteiger partial charge in [-0.3, -0.25) is 0 Å². The van der Waals surface area contributed by atoms with E-state index in [9.17, 15) is 9.50 Å². The van der Waals surface area contributed by atoms with Gasteiger partial charge in [0.15, 0.2) is 5.60 Å². The molecule has 0 fully saturated rings. The van der Waals surface area contributed by atoms with E-state index >= 15 is 0 Å². The molecule has 1 atom stereocenters. The van der Waals surface area contributed by atoms with Crippen LogP contribution >= 0.6 is 0 Å². The molecule has 0 saturated heterocycles. The van der Waals surface area contributed by atoms with Gasteiger partial charge >= 0.3 is 0 Å². The summed E-state index contributed by atoms with van der Waals surface area (Å²) < 4.78 is 13.2. The molecule has 0 aliphatic heterocycles. The zero-order valence-corrected chi connectivity index (χ0v) is 12.5. The van der Waals surface area contributed by atoms with E-state index in [-0.39, 0.29) is 5.82 Å². The number of aliphatic hydroxyl groups is 1. The molecule has 1 unspecified atom stereocenters. The van der Waals surface area contributed by atoms with Crippen molar-refractivity contribution in [3.63, 3.8) is 0 Å². The fourth-order valence-electron chi connectivity index (χ4n) is 2.10. The van der Waals surface area contributed by atoms with Crippen molar-refractivity contribution in [2.75, 3.05) is 0 Å². The fourth-order valence-corrected chi connectivity index (χ4v) is 2.10.